The minimum atomic E-state index is -0.238. The molecule has 1 amide bonds. The van der Waals surface area contributed by atoms with Gasteiger partial charge in [-0.15, -0.1) is 0 Å². The first-order valence-electron chi connectivity index (χ1n) is 8.35. The van der Waals surface area contributed by atoms with Gasteiger partial charge < -0.3 is 19.7 Å². The molecule has 0 saturated heterocycles. The highest BCUT2D eigenvalue weighted by molar-refractivity contribution is 5.92. The lowest BCUT2D eigenvalue weighted by Gasteiger charge is -2.18. The number of ether oxygens (including phenoxy) is 2. The molecular weight excluding hydrogens is 316 g/mol. The number of nitrogens with one attached hydrogen (secondary N) is 1. The largest absolute Gasteiger partial charge is 0.483 e. The van der Waals surface area contributed by atoms with Crippen LogP contribution in [0, 0.1) is 0 Å². The van der Waals surface area contributed by atoms with Crippen molar-refractivity contribution >= 4 is 17.3 Å². The highest BCUT2D eigenvalue weighted by Crippen LogP contribution is 2.41. The molecule has 5 nitrogen and oxygen atoms in total. The maximum absolute atomic E-state index is 12.1. The lowest BCUT2D eigenvalue weighted by Crippen LogP contribution is -2.25. The average Bonchev–Trinajstić information content (AvgIpc) is 2.87. The summed E-state index contributed by atoms with van der Waals surface area (Å²) in [6.45, 7) is 4.03. The fraction of sp³-hybridized carbons (Fsp3) is 0.350. The predicted octanol–water partition coefficient (Wildman–Crippen LogP) is 3.48. The number of anilines is 2. The van der Waals surface area contributed by atoms with Crippen LogP contribution in [-0.4, -0.2) is 32.2 Å². The van der Waals surface area contributed by atoms with Crippen LogP contribution in [0.15, 0.2) is 42.5 Å². The van der Waals surface area contributed by atoms with E-state index in [0.717, 1.165) is 29.1 Å². The second-order valence-electron chi connectivity index (χ2n) is 7.06. The number of benzene rings is 2. The number of fused-ring (bicyclic) bond motifs is 1. The van der Waals surface area contributed by atoms with Gasteiger partial charge in [0.15, 0.2) is 18.1 Å². The van der Waals surface area contributed by atoms with Crippen molar-refractivity contribution in [1.29, 1.82) is 0 Å². The molecule has 132 valence electrons. The Morgan fingerprint density at radius 2 is 1.92 bits per heavy atom. The van der Waals surface area contributed by atoms with Crippen molar-refractivity contribution in [2.45, 2.75) is 25.9 Å². The fourth-order valence-electron chi connectivity index (χ4n) is 2.88. The van der Waals surface area contributed by atoms with Crippen molar-refractivity contribution in [3.8, 4) is 11.5 Å². The number of carbonyl (C=O) groups excluding carboxylic acids is 1. The Morgan fingerprint density at radius 3 is 2.60 bits per heavy atom. The summed E-state index contributed by atoms with van der Waals surface area (Å²) >= 11 is 0. The molecule has 2 aromatic rings. The van der Waals surface area contributed by atoms with Crippen LogP contribution >= 0.6 is 0 Å². The molecule has 25 heavy (non-hydrogen) atoms. The molecule has 0 spiro atoms. The van der Waals surface area contributed by atoms with E-state index >= 15 is 0 Å². The normalized spacial score (nSPS) is 14.4. The van der Waals surface area contributed by atoms with Crippen molar-refractivity contribution in [3.05, 3.63) is 48.0 Å². The van der Waals surface area contributed by atoms with Crippen molar-refractivity contribution in [1.82, 2.24) is 0 Å². The topological polar surface area (TPSA) is 50.8 Å². The standard InChI is InChI=1S/C20H24N2O3/c1-20(2)12-14-6-5-7-17(19(14)25-20)24-13-18(23)21-15-8-10-16(11-9-15)22(3)4/h5-11H,12-13H2,1-4H3,(H,21,23). The minimum absolute atomic E-state index is 0.0598. The second-order valence-corrected chi connectivity index (χ2v) is 7.06. The Hall–Kier alpha value is -2.69. The zero-order valence-corrected chi connectivity index (χ0v) is 15.1. The van der Waals surface area contributed by atoms with Gasteiger partial charge in [-0.3, -0.25) is 4.79 Å². The van der Waals surface area contributed by atoms with E-state index in [-0.39, 0.29) is 18.1 Å². The summed E-state index contributed by atoms with van der Waals surface area (Å²) in [5.41, 5.74) is 2.70. The van der Waals surface area contributed by atoms with Gasteiger partial charge in [0, 0.05) is 37.5 Å². The van der Waals surface area contributed by atoms with E-state index in [2.05, 4.69) is 5.32 Å². The maximum Gasteiger partial charge on any atom is 0.262 e. The second kappa shape index (κ2) is 6.67. The molecule has 5 heteroatoms. The van der Waals surface area contributed by atoms with E-state index in [0.29, 0.717) is 5.75 Å². The third-order valence-corrected chi connectivity index (χ3v) is 4.08. The lowest BCUT2D eigenvalue weighted by molar-refractivity contribution is -0.118. The molecule has 0 radical (unpaired) electrons. The summed E-state index contributed by atoms with van der Waals surface area (Å²) in [6, 6.07) is 13.4. The molecule has 2 aromatic carbocycles. The third kappa shape index (κ3) is 4.05. The van der Waals surface area contributed by atoms with E-state index in [9.17, 15) is 4.79 Å². The Kier molecular flexibility index (Phi) is 4.57. The summed E-state index contributed by atoms with van der Waals surface area (Å²) in [4.78, 5) is 14.2. The van der Waals surface area contributed by atoms with E-state index in [4.69, 9.17) is 9.47 Å². The van der Waals surface area contributed by atoms with Crippen LogP contribution in [0.5, 0.6) is 11.5 Å². The van der Waals surface area contributed by atoms with Gasteiger partial charge in [-0.25, -0.2) is 0 Å². The monoisotopic (exact) mass is 340 g/mol. The first-order chi connectivity index (χ1) is 11.8. The summed E-state index contributed by atoms with van der Waals surface area (Å²) in [5.74, 6) is 1.16. The Labute approximate surface area is 148 Å². The molecule has 0 saturated carbocycles. The molecule has 0 atom stereocenters. The van der Waals surface area contributed by atoms with Gasteiger partial charge in [-0.2, -0.15) is 0 Å². The first kappa shape index (κ1) is 17.1. The molecular formula is C20H24N2O3. The summed E-state index contributed by atoms with van der Waals surface area (Å²) in [6.07, 6.45) is 0.837. The summed E-state index contributed by atoms with van der Waals surface area (Å²) in [5, 5.41) is 2.84. The van der Waals surface area contributed by atoms with Crippen LogP contribution in [0.1, 0.15) is 19.4 Å². The van der Waals surface area contributed by atoms with E-state index in [1.165, 1.54) is 0 Å². The summed E-state index contributed by atoms with van der Waals surface area (Å²) < 4.78 is 11.6. The van der Waals surface area contributed by atoms with E-state index in [1.54, 1.807) is 0 Å². The van der Waals surface area contributed by atoms with Crippen LogP contribution < -0.4 is 19.7 Å². The molecule has 0 bridgehead atoms. The SMILES string of the molecule is CN(C)c1ccc(NC(=O)COc2cccc3c2OC(C)(C)C3)cc1. The van der Waals surface area contributed by atoms with Gasteiger partial charge in [0.2, 0.25) is 0 Å². The molecule has 0 aromatic heterocycles. The van der Waals surface area contributed by atoms with E-state index in [1.807, 2.05) is 75.3 Å². The van der Waals surface area contributed by atoms with Crippen molar-refractivity contribution < 1.29 is 14.3 Å². The van der Waals surface area contributed by atoms with Crippen molar-refractivity contribution in [2.75, 3.05) is 30.9 Å². The lowest BCUT2D eigenvalue weighted by atomic mass is 10.0. The fourth-order valence-corrected chi connectivity index (χ4v) is 2.88. The van der Waals surface area contributed by atoms with Crippen LogP contribution in [0.25, 0.3) is 0 Å². The predicted molar refractivity (Wildman–Crippen MR) is 99.7 cm³/mol. The third-order valence-electron chi connectivity index (χ3n) is 4.08. The molecule has 1 N–H and O–H groups in total. The highest BCUT2D eigenvalue weighted by atomic mass is 16.5. The van der Waals surface area contributed by atoms with Crippen molar-refractivity contribution in [3.63, 3.8) is 0 Å². The first-order valence-corrected chi connectivity index (χ1v) is 8.35. The minimum Gasteiger partial charge on any atom is -0.483 e. The van der Waals surface area contributed by atoms with E-state index < -0.39 is 0 Å². The smallest absolute Gasteiger partial charge is 0.262 e. The number of para-hydroxylation sites is 1. The van der Waals surface area contributed by atoms with Gasteiger partial charge >= 0.3 is 0 Å². The zero-order valence-electron chi connectivity index (χ0n) is 15.1. The molecule has 1 aliphatic heterocycles. The molecule has 0 fully saturated rings. The van der Waals surface area contributed by atoms with Gasteiger partial charge in [-0.1, -0.05) is 12.1 Å². The van der Waals surface area contributed by atoms with Crippen LogP contribution in [0.4, 0.5) is 11.4 Å². The Morgan fingerprint density at radius 1 is 1.20 bits per heavy atom. The van der Waals surface area contributed by atoms with Crippen LogP contribution in [0.2, 0.25) is 0 Å². The van der Waals surface area contributed by atoms with Crippen molar-refractivity contribution in [2.24, 2.45) is 0 Å². The quantitative estimate of drug-likeness (QED) is 0.905. The van der Waals surface area contributed by atoms with Gasteiger partial charge in [0.1, 0.15) is 5.60 Å². The highest BCUT2D eigenvalue weighted by Gasteiger charge is 2.32. The van der Waals surface area contributed by atoms with Crippen LogP contribution in [-0.2, 0) is 11.2 Å². The molecule has 3 rings (SSSR count). The number of hydrogen-bond acceptors (Lipinski definition) is 4. The molecule has 0 unspecified atom stereocenters. The average molecular weight is 340 g/mol. The number of nitrogens with zero attached hydrogens (tertiary/aromatic N) is 1. The number of hydrogen-bond donors (Lipinski definition) is 1. The Bertz CT molecular complexity index is 767. The van der Waals surface area contributed by atoms with Gasteiger partial charge in [0.05, 0.1) is 0 Å². The zero-order chi connectivity index (χ0) is 18.0. The molecule has 1 aliphatic rings. The van der Waals surface area contributed by atoms with Gasteiger partial charge in [0.25, 0.3) is 5.91 Å². The molecule has 1 heterocycles. The summed E-state index contributed by atoms with van der Waals surface area (Å²) in [7, 11) is 3.95. The molecule has 0 aliphatic carbocycles. The van der Waals surface area contributed by atoms with Gasteiger partial charge in [-0.05, 0) is 44.2 Å². The number of rotatable bonds is 5. The Balaban J connectivity index is 1.59. The number of amides is 1. The maximum atomic E-state index is 12.1. The van der Waals surface area contributed by atoms with Crippen LogP contribution in [0.3, 0.4) is 0 Å². The number of carbonyl (C=O) groups is 1.